The van der Waals surface area contributed by atoms with Crippen LogP contribution in [-0.4, -0.2) is 35.1 Å². The third-order valence-electron chi connectivity index (χ3n) is 2.58. The summed E-state index contributed by atoms with van der Waals surface area (Å²) in [6.45, 7) is 5.14. The Morgan fingerprint density at radius 2 is 1.65 bits per heavy atom. The first-order valence-corrected chi connectivity index (χ1v) is 5.27. The number of amides is 1. The highest BCUT2D eigenvalue weighted by Gasteiger charge is 2.42. The maximum absolute atomic E-state index is 11.7. The summed E-state index contributed by atoms with van der Waals surface area (Å²) < 4.78 is 0. The minimum Gasteiger partial charge on any atom is -0.481 e. The van der Waals surface area contributed by atoms with E-state index in [1.807, 2.05) is 0 Å². The van der Waals surface area contributed by atoms with Crippen LogP contribution in [0.2, 0.25) is 0 Å². The first kappa shape index (κ1) is 15.4. The molecule has 0 radical (unpaired) electrons. The van der Waals surface area contributed by atoms with Gasteiger partial charge in [0.1, 0.15) is 0 Å². The molecule has 2 atom stereocenters. The van der Waals surface area contributed by atoms with Gasteiger partial charge in [0.05, 0.1) is 18.3 Å². The van der Waals surface area contributed by atoms with Crippen molar-refractivity contribution in [1.82, 2.24) is 5.32 Å². The monoisotopic (exact) mass is 245 g/mol. The van der Waals surface area contributed by atoms with E-state index >= 15 is 0 Å². The number of carbonyl (C=O) groups excluding carboxylic acids is 1. The first-order chi connectivity index (χ1) is 7.61. The van der Waals surface area contributed by atoms with Crippen molar-refractivity contribution >= 4 is 17.8 Å². The van der Waals surface area contributed by atoms with Gasteiger partial charge in [0.25, 0.3) is 0 Å². The lowest BCUT2D eigenvalue weighted by Gasteiger charge is -2.32. The lowest BCUT2D eigenvalue weighted by atomic mass is 9.71. The van der Waals surface area contributed by atoms with Crippen molar-refractivity contribution < 1.29 is 24.6 Å². The zero-order valence-corrected chi connectivity index (χ0v) is 10.5. The van der Waals surface area contributed by atoms with Crippen molar-refractivity contribution in [2.75, 3.05) is 7.05 Å². The molecule has 0 aliphatic heterocycles. The molecule has 3 N–H and O–H groups in total. The molecule has 0 aromatic carbocycles. The summed E-state index contributed by atoms with van der Waals surface area (Å²) in [7, 11) is 1.40. The molecule has 6 nitrogen and oxygen atoms in total. The van der Waals surface area contributed by atoms with E-state index in [1.54, 1.807) is 20.8 Å². The topological polar surface area (TPSA) is 104 Å². The van der Waals surface area contributed by atoms with Crippen LogP contribution in [0.5, 0.6) is 0 Å². The van der Waals surface area contributed by atoms with Crippen molar-refractivity contribution in [3.05, 3.63) is 0 Å². The highest BCUT2D eigenvalue weighted by atomic mass is 16.4. The number of rotatable bonds is 5. The van der Waals surface area contributed by atoms with Crippen molar-refractivity contribution in [1.29, 1.82) is 0 Å². The Hall–Kier alpha value is -1.59. The molecule has 0 saturated heterocycles. The van der Waals surface area contributed by atoms with E-state index in [0.717, 1.165) is 0 Å². The van der Waals surface area contributed by atoms with E-state index in [4.69, 9.17) is 10.2 Å². The van der Waals surface area contributed by atoms with Gasteiger partial charge in [0, 0.05) is 7.05 Å². The van der Waals surface area contributed by atoms with Gasteiger partial charge in [-0.2, -0.15) is 0 Å². The van der Waals surface area contributed by atoms with Crippen LogP contribution in [0.3, 0.4) is 0 Å². The van der Waals surface area contributed by atoms with E-state index in [1.165, 1.54) is 7.05 Å². The Bertz CT molecular complexity index is 318. The van der Waals surface area contributed by atoms with Crippen LogP contribution >= 0.6 is 0 Å². The van der Waals surface area contributed by atoms with Crippen molar-refractivity contribution in [2.45, 2.75) is 27.2 Å². The maximum atomic E-state index is 11.7. The van der Waals surface area contributed by atoms with E-state index in [2.05, 4.69) is 5.32 Å². The normalized spacial score (nSPS) is 14.8. The average molecular weight is 245 g/mol. The molecule has 0 spiro atoms. The predicted molar refractivity (Wildman–Crippen MR) is 60.4 cm³/mol. The fourth-order valence-electron chi connectivity index (χ4n) is 1.87. The minimum atomic E-state index is -1.27. The van der Waals surface area contributed by atoms with Crippen LogP contribution < -0.4 is 5.32 Å². The molecule has 0 aromatic heterocycles. The second-order valence-corrected chi connectivity index (χ2v) is 5.00. The summed E-state index contributed by atoms with van der Waals surface area (Å²) in [5, 5.41) is 20.1. The second kappa shape index (κ2) is 5.65. The standard InChI is InChI=1S/C11H19NO5/c1-11(2,3)8(9(15)12-4)6(10(16)17)5-7(13)14/h6,8H,5H2,1-4H3,(H,12,15)(H,13,14)(H,16,17)/t6?,8-/m1/s1. The molecular weight excluding hydrogens is 226 g/mol. The van der Waals surface area contributed by atoms with Gasteiger partial charge < -0.3 is 15.5 Å². The van der Waals surface area contributed by atoms with Gasteiger partial charge in [-0.3, -0.25) is 14.4 Å². The fraction of sp³-hybridized carbons (Fsp3) is 0.727. The molecule has 0 bridgehead atoms. The third kappa shape index (κ3) is 4.42. The van der Waals surface area contributed by atoms with Crippen LogP contribution in [0.4, 0.5) is 0 Å². The molecule has 1 amide bonds. The fourth-order valence-corrected chi connectivity index (χ4v) is 1.87. The van der Waals surface area contributed by atoms with Gasteiger partial charge in [-0.25, -0.2) is 0 Å². The molecule has 0 saturated carbocycles. The first-order valence-electron chi connectivity index (χ1n) is 5.27. The van der Waals surface area contributed by atoms with Crippen molar-refractivity contribution in [2.24, 2.45) is 17.3 Å². The minimum absolute atomic E-state index is 0.453. The molecule has 17 heavy (non-hydrogen) atoms. The molecule has 6 heteroatoms. The van der Waals surface area contributed by atoms with E-state index < -0.39 is 41.5 Å². The van der Waals surface area contributed by atoms with Crippen LogP contribution in [0.15, 0.2) is 0 Å². The molecule has 1 unspecified atom stereocenters. The van der Waals surface area contributed by atoms with Crippen molar-refractivity contribution in [3.63, 3.8) is 0 Å². The summed E-state index contributed by atoms with van der Waals surface area (Å²) in [4.78, 5) is 33.5. The van der Waals surface area contributed by atoms with Gasteiger partial charge in [0.15, 0.2) is 0 Å². The Morgan fingerprint density at radius 1 is 1.18 bits per heavy atom. The quantitative estimate of drug-likeness (QED) is 0.657. The smallest absolute Gasteiger partial charge is 0.307 e. The molecule has 0 fully saturated rings. The Morgan fingerprint density at radius 3 is 1.88 bits per heavy atom. The summed E-state index contributed by atoms with van der Waals surface area (Å²) in [6.07, 6.45) is -0.565. The van der Waals surface area contributed by atoms with Gasteiger partial charge in [0.2, 0.25) is 5.91 Å². The molecule has 0 heterocycles. The van der Waals surface area contributed by atoms with Crippen LogP contribution in [0.25, 0.3) is 0 Å². The number of carbonyl (C=O) groups is 3. The molecule has 98 valence electrons. The number of hydrogen-bond donors (Lipinski definition) is 3. The lowest BCUT2D eigenvalue weighted by Crippen LogP contribution is -2.44. The number of hydrogen-bond acceptors (Lipinski definition) is 3. The Labute approximate surface area is 100 Å². The summed E-state index contributed by atoms with van der Waals surface area (Å²) in [5.41, 5.74) is -0.626. The van der Waals surface area contributed by atoms with Gasteiger partial charge >= 0.3 is 11.9 Å². The second-order valence-electron chi connectivity index (χ2n) is 5.00. The molecule has 0 aliphatic carbocycles. The summed E-state index contributed by atoms with van der Waals surface area (Å²) in [6, 6.07) is 0. The highest BCUT2D eigenvalue weighted by Crippen LogP contribution is 2.34. The average Bonchev–Trinajstić information content (AvgIpc) is 2.13. The van der Waals surface area contributed by atoms with E-state index in [9.17, 15) is 14.4 Å². The van der Waals surface area contributed by atoms with E-state index in [0.29, 0.717) is 0 Å². The maximum Gasteiger partial charge on any atom is 0.307 e. The van der Waals surface area contributed by atoms with E-state index in [-0.39, 0.29) is 0 Å². The van der Waals surface area contributed by atoms with Crippen LogP contribution in [-0.2, 0) is 14.4 Å². The molecular formula is C11H19NO5. The van der Waals surface area contributed by atoms with Crippen LogP contribution in [0.1, 0.15) is 27.2 Å². The Balaban J connectivity index is 5.30. The summed E-state index contributed by atoms with van der Waals surface area (Å²) >= 11 is 0. The third-order valence-corrected chi connectivity index (χ3v) is 2.58. The molecule has 0 rings (SSSR count). The Kier molecular flexibility index (Phi) is 5.12. The van der Waals surface area contributed by atoms with Gasteiger partial charge in [-0.05, 0) is 5.41 Å². The van der Waals surface area contributed by atoms with Gasteiger partial charge in [-0.15, -0.1) is 0 Å². The number of carboxylic acids is 2. The number of aliphatic carboxylic acids is 2. The van der Waals surface area contributed by atoms with Crippen molar-refractivity contribution in [3.8, 4) is 0 Å². The summed E-state index contributed by atoms with van der Waals surface area (Å²) in [5.74, 6) is -5.06. The SMILES string of the molecule is CNC(=O)[C@@H](C(CC(=O)O)C(=O)O)C(C)(C)C. The zero-order chi connectivity index (χ0) is 13.8. The predicted octanol–water partition coefficient (Wildman–Crippen LogP) is 0.570. The molecule has 0 aromatic rings. The highest BCUT2D eigenvalue weighted by molar-refractivity contribution is 5.87. The lowest BCUT2D eigenvalue weighted by molar-refractivity contribution is -0.155. The number of carboxylic acid groups (broad SMARTS) is 2. The van der Waals surface area contributed by atoms with Crippen LogP contribution in [0, 0.1) is 17.3 Å². The van der Waals surface area contributed by atoms with Gasteiger partial charge in [-0.1, -0.05) is 20.8 Å². The zero-order valence-electron chi connectivity index (χ0n) is 10.5. The number of nitrogens with one attached hydrogen (secondary N) is 1. The molecule has 0 aliphatic rings. The largest absolute Gasteiger partial charge is 0.481 e.